The van der Waals surface area contributed by atoms with Crippen LogP contribution in [0.4, 0.5) is 5.69 Å². The molecule has 3 aliphatic rings. The van der Waals surface area contributed by atoms with E-state index in [9.17, 15) is 34.8 Å². The van der Waals surface area contributed by atoms with Gasteiger partial charge in [0.05, 0.1) is 23.8 Å². The zero-order valence-corrected chi connectivity index (χ0v) is 20.7. The third kappa shape index (κ3) is 3.75. The Balaban J connectivity index is 1.89. The Labute approximate surface area is 209 Å². The van der Waals surface area contributed by atoms with Gasteiger partial charge in [0.15, 0.2) is 17.2 Å². The maximum absolute atomic E-state index is 13.8. The zero-order chi connectivity index (χ0) is 26.7. The number of ketones is 2. The third-order valence-electron chi connectivity index (χ3n) is 7.47. The lowest BCUT2D eigenvalue weighted by atomic mass is 9.57. The zero-order valence-electron chi connectivity index (χ0n) is 20.7. The molecule has 1 aromatic rings. The van der Waals surface area contributed by atoms with E-state index in [2.05, 4.69) is 11.8 Å². The van der Waals surface area contributed by atoms with Gasteiger partial charge in [-0.05, 0) is 50.9 Å². The van der Waals surface area contributed by atoms with Crippen LogP contribution in [0.25, 0.3) is 0 Å². The quantitative estimate of drug-likeness (QED) is 0.279. The van der Waals surface area contributed by atoms with E-state index in [-0.39, 0.29) is 41.7 Å². The highest BCUT2D eigenvalue weighted by molar-refractivity contribution is 6.16. The second kappa shape index (κ2) is 8.92. The molecule has 0 saturated heterocycles. The van der Waals surface area contributed by atoms with Gasteiger partial charge in [-0.1, -0.05) is 11.8 Å². The number of fused-ring (bicyclic) bond motifs is 3. The van der Waals surface area contributed by atoms with Gasteiger partial charge in [-0.2, -0.15) is 0 Å². The summed E-state index contributed by atoms with van der Waals surface area (Å²) in [6, 6.07) is 1.71. The van der Waals surface area contributed by atoms with E-state index in [4.69, 9.17) is 5.73 Å². The monoisotopic (exact) mass is 497 g/mol. The molecule has 10 heteroatoms. The number of phenols is 1. The lowest BCUT2D eigenvalue weighted by Gasteiger charge is -2.48. The SMILES string of the molecule is CN(C)CC#Cc1cc(N(C)C)c2c(c1O)C(=O)C1=C(O)[C@]3(O)C(=O)C(C(N)=O)C(O)C[C@@H]3C[C@@H]1C2. The molecule has 1 saturated carbocycles. The first kappa shape index (κ1) is 25.7. The number of carbonyl (C=O) groups excluding carboxylic acids is 3. The molecule has 0 heterocycles. The number of anilines is 1. The van der Waals surface area contributed by atoms with Crippen LogP contribution < -0.4 is 10.6 Å². The minimum atomic E-state index is -2.53. The third-order valence-corrected chi connectivity index (χ3v) is 7.47. The number of carbonyl (C=O) groups is 3. The van der Waals surface area contributed by atoms with Crippen molar-refractivity contribution in [3.05, 3.63) is 34.1 Å². The molecule has 0 radical (unpaired) electrons. The molecule has 1 amide bonds. The first-order valence-corrected chi connectivity index (χ1v) is 11.7. The van der Waals surface area contributed by atoms with E-state index in [1.54, 1.807) is 20.2 Å². The lowest BCUT2D eigenvalue weighted by Crippen LogP contribution is -2.63. The molecule has 1 fully saturated rings. The summed E-state index contributed by atoms with van der Waals surface area (Å²) >= 11 is 0. The minimum absolute atomic E-state index is 0.0371. The number of Topliss-reactive ketones (excluding diaryl/α,β-unsaturated/α-hetero) is 2. The summed E-state index contributed by atoms with van der Waals surface area (Å²) < 4.78 is 0. The number of primary amides is 1. The second-order valence-corrected chi connectivity index (χ2v) is 10.3. The van der Waals surface area contributed by atoms with Gasteiger partial charge in [-0.3, -0.25) is 19.3 Å². The Morgan fingerprint density at radius 3 is 2.44 bits per heavy atom. The fraction of sp³-hybridized carbons (Fsp3) is 0.500. The number of rotatable bonds is 3. The number of phenolic OH excluding ortho intramolecular Hbond substituents is 1. The second-order valence-electron chi connectivity index (χ2n) is 10.3. The normalized spacial score (nSPS) is 29.2. The Morgan fingerprint density at radius 2 is 1.86 bits per heavy atom. The Bertz CT molecular complexity index is 1260. The van der Waals surface area contributed by atoms with Crippen molar-refractivity contribution in [1.82, 2.24) is 4.90 Å². The molecule has 3 aliphatic carbocycles. The van der Waals surface area contributed by atoms with E-state index in [0.717, 1.165) is 0 Å². The van der Waals surface area contributed by atoms with Crippen LogP contribution >= 0.6 is 0 Å². The van der Waals surface area contributed by atoms with Crippen LogP contribution in [0.15, 0.2) is 17.4 Å². The van der Waals surface area contributed by atoms with Crippen LogP contribution in [-0.2, 0) is 16.0 Å². The molecule has 0 spiro atoms. The number of benzene rings is 1. The summed E-state index contributed by atoms with van der Waals surface area (Å²) in [5, 5.41) is 44.0. The topological polar surface area (TPSA) is 165 Å². The average Bonchev–Trinajstić information content (AvgIpc) is 2.77. The number of hydrogen-bond acceptors (Lipinski definition) is 9. The summed E-state index contributed by atoms with van der Waals surface area (Å²) in [5.74, 6) is -1.47. The number of nitrogens with zero attached hydrogens (tertiary/aromatic N) is 2. The van der Waals surface area contributed by atoms with Crippen molar-refractivity contribution in [2.24, 2.45) is 23.5 Å². The van der Waals surface area contributed by atoms with Crippen LogP contribution in [0.2, 0.25) is 0 Å². The van der Waals surface area contributed by atoms with Gasteiger partial charge in [0.2, 0.25) is 5.91 Å². The van der Waals surface area contributed by atoms with Gasteiger partial charge in [0.1, 0.15) is 17.4 Å². The number of nitrogens with two attached hydrogens (primary N) is 1. The van der Waals surface area contributed by atoms with Crippen molar-refractivity contribution < 1.29 is 34.8 Å². The molecular weight excluding hydrogens is 466 g/mol. The number of aliphatic hydroxyl groups is 3. The molecule has 1 aromatic carbocycles. The largest absolute Gasteiger partial charge is 0.508 e. The predicted molar refractivity (Wildman–Crippen MR) is 130 cm³/mol. The number of aromatic hydroxyl groups is 1. The standard InChI is InChI=1S/C26H31N3O7/c1-28(2)7-5-6-12-10-16(29(3)4)15-9-13-8-14-11-17(30)20(25(27)35)24(34)26(14,36)23(33)18(13)22(32)19(15)21(12)31/h10,13-14,17,20,30-31,33,36H,7-9,11H2,1-4H3,(H2,27,35)/t13-,14+,17?,20?,26+/m1/s1. The van der Waals surface area contributed by atoms with Gasteiger partial charge in [-0.25, -0.2) is 0 Å². The number of allylic oxidation sites excluding steroid dienone is 1. The van der Waals surface area contributed by atoms with Gasteiger partial charge in [0, 0.05) is 31.3 Å². The highest BCUT2D eigenvalue weighted by atomic mass is 16.3. The summed E-state index contributed by atoms with van der Waals surface area (Å²) in [6.07, 6.45) is -1.17. The van der Waals surface area contributed by atoms with Gasteiger partial charge in [0.25, 0.3) is 0 Å². The molecule has 0 aromatic heterocycles. The van der Waals surface area contributed by atoms with Crippen molar-refractivity contribution in [2.75, 3.05) is 39.6 Å². The average molecular weight is 498 g/mol. The molecule has 5 atom stereocenters. The van der Waals surface area contributed by atoms with E-state index < -0.39 is 52.7 Å². The summed E-state index contributed by atoms with van der Waals surface area (Å²) in [5.41, 5.74) is 4.04. The van der Waals surface area contributed by atoms with E-state index in [0.29, 0.717) is 17.8 Å². The van der Waals surface area contributed by atoms with Crippen molar-refractivity contribution in [3.8, 4) is 17.6 Å². The Hall–Kier alpha value is -3.39. The van der Waals surface area contributed by atoms with Crippen molar-refractivity contribution in [2.45, 2.75) is 31.0 Å². The summed E-state index contributed by atoms with van der Waals surface area (Å²) in [6.45, 7) is 0.430. The van der Waals surface area contributed by atoms with Gasteiger partial charge in [-0.15, -0.1) is 0 Å². The lowest BCUT2D eigenvalue weighted by molar-refractivity contribution is -0.167. The van der Waals surface area contributed by atoms with Crippen molar-refractivity contribution in [3.63, 3.8) is 0 Å². The maximum Gasteiger partial charge on any atom is 0.230 e. The first-order chi connectivity index (χ1) is 16.8. The van der Waals surface area contributed by atoms with Crippen LogP contribution in [0.3, 0.4) is 0 Å². The molecule has 2 unspecified atom stereocenters. The molecule has 10 nitrogen and oxygen atoms in total. The van der Waals surface area contributed by atoms with Crippen molar-refractivity contribution in [1.29, 1.82) is 0 Å². The van der Waals surface area contributed by atoms with E-state index in [1.807, 2.05) is 23.9 Å². The van der Waals surface area contributed by atoms with E-state index in [1.165, 1.54) is 0 Å². The first-order valence-electron chi connectivity index (χ1n) is 11.7. The van der Waals surface area contributed by atoms with Gasteiger partial charge >= 0.3 is 0 Å². The Kier molecular flexibility index (Phi) is 6.37. The Morgan fingerprint density at radius 1 is 1.19 bits per heavy atom. The molecule has 6 N–H and O–H groups in total. The molecule has 0 bridgehead atoms. The summed E-state index contributed by atoms with van der Waals surface area (Å²) in [4.78, 5) is 42.4. The highest BCUT2D eigenvalue weighted by Crippen LogP contribution is 2.52. The number of aliphatic hydroxyl groups excluding tert-OH is 2. The molecule has 192 valence electrons. The fourth-order valence-electron chi connectivity index (χ4n) is 5.76. The molecule has 4 rings (SSSR count). The maximum atomic E-state index is 13.8. The molecule has 0 aliphatic heterocycles. The predicted octanol–water partition coefficient (Wildman–Crippen LogP) is -0.275. The van der Waals surface area contributed by atoms with Crippen LogP contribution in [0, 0.1) is 29.6 Å². The van der Waals surface area contributed by atoms with Gasteiger partial charge < -0.3 is 31.1 Å². The van der Waals surface area contributed by atoms with Crippen LogP contribution in [0.5, 0.6) is 5.75 Å². The fourth-order valence-corrected chi connectivity index (χ4v) is 5.76. The number of hydrogen-bond donors (Lipinski definition) is 5. The molecular formula is C26H31N3O7. The van der Waals surface area contributed by atoms with Crippen molar-refractivity contribution >= 4 is 23.2 Å². The van der Waals surface area contributed by atoms with Crippen LogP contribution in [0.1, 0.15) is 34.3 Å². The minimum Gasteiger partial charge on any atom is -0.508 e. The molecule has 36 heavy (non-hydrogen) atoms. The smallest absolute Gasteiger partial charge is 0.230 e. The van der Waals surface area contributed by atoms with E-state index >= 15 is 0 Å². The number of amides is 1. The summed E-state index contributed by atoms with van der Waals surface area (Å²) in [7, 11) is 7.30. The van der Waals surface area contributed by atoms with Crippen LogP contribution in [-0.4, -0.2) is 89.2 Å². The highest BCUT2D eigenvalue weighted by Gasteiger charge is 2.62.